The fraction of sp³-hybridized carbons (Fsp3) is 0.477. The minimum Gasteiger partial charge on any atom is -0.476 e. The quantitative estimate of drug-likeness (QED) is 0.128. The van der Waals surface area contributed by atoms with Crippen molar-refractivity contribution in [3.05, 3.63) is 88.9 Å². The van der Waals surface area contributed by atoms with Gasteiger partial charge < -0.3 is 14.7 Å². The fourth-order valence-corrected chi connectivity index (χ4v) is 12.7. The molecule has 4 fully saturated rings. The third-order valence-electron chi connectivity index (χ3n) is 12.9. The number of anilines is 2. The van der Waals surface area contributed by atoms with E-state index in [4.69, 9.17) is 14.8 Å². The summed E-state index contributed by atoms with van der Waals surface area (Å²) in [6.07, 6.45) is 11.7. The second-order valence-electron chi connectivity index (χ2n) is 17.8. The number of pyridine rings is 1. The Morgan fingerprint density at radius 3 is 2.51 bits per heavy atom. The molecule has 1 amide bonds. The Balaban J connectivity index is 0.964. The van der Waals surface area contributed by atoms with E-state index in [0.717, 1.165) is 77.9 Å². The summed E-state index contributed by atoms with van der Waals surface area (Å²) >= 11 is 1.45. The van der Waals surface area contributed by atoms with Crippen LogP contribution in [0.1, 0.15) is 110 Å². The van der Waals surface area contributed by atoms with Gasteiger partial charge in [-0.2, -0.15) is 5.10 Å². The highest BCUT2D eigenvalue weighted by atomic mass is 32.1. The number of unbranched alkanes of at least 4 members (excludes halogenated alkanes) is 1. The molecular weight excluding hydrogens is 709 g/mol. The summed E-state index contributed by atoms with van der Waals surface area (Å²) in [7, 11) is 0. The van der Waals surface area contributed by atoms with Gasteiger partial charge in [-0.25, -0.2) is 14.8 Å². The number of carbonyl (C=O) groups excluding carboxylic acids is 1. The Morgan fingerprint density at radius 1 is 0.945 bits per heavy atom. The summed E-state index contributed by atoms with van der Waals surface area (Å²) in [5.41, 5.74) is 6.31. The van der Waals surface area contributed by atoms with E-state index in [1.807, 2.05) is 54.7 Å². The Bertz CT molecular complexity index is 2280. The maximum atomic E-state index is 13.6. The molecule has 5 aromatic rings. The van der Waals surface area contributed by atoms with Crippen molar-refractivity contribution in [1.82, 2.24) is 19.7 Å². The molecule has 11 heteroatoms. The molecule has 5 aliphatic rings. The number of benzene rings is 2. The SMILES string of the molecule is CCCCOC12CC3(C)CC(C)(CC(Cn4ncc(-c5ccc(N6CCc7cccc(C(=O)Nc8nc9ccccc9s8)c7C6)nc5C(=O)O)c4C)(C3)C1)C2. The van der Waals surface area contributed by atoms with Crippen molar-refractivity contribution in [3.63, 3.8) is 0 Å². The third kappa shape index (κ3) is 6.52. The molecule has 0 saturated heterocycles. The normalized spacial score (nSPS) is 26.7. The van der Waals surface area contributed by atoms with Gasteiger partial charge in [0.15, 0.2) is 10.8 Å². The Morgan fingerprint density at radius 2 is 1.75 bits per heavy atom. The molecule has 4 aliphatic carbocycles. The monoisotopic (exact) mass is 758 g/mol. The van der Waals surface area contributed by atoms with Crippen LogP contribution in [0.15, 0.2) is 60.8 Å². The van der Waals surface area contributed by atoms with Gasteiger partial charge in [0, 0.05) is 48.6 Å². The zero-order valence-electron chi connectivity index (χ0n) is 32.3. The lowest BCUT2D eigenvalue weighted by molar-refractivity contribution is -0.248. The number of aromatic nitrogens is 4. The first-order valence-electron chi connectivity index (χ1n) is 19.8. The minimum absolute atomic E-state index is 0.00548. The molecule has 286 valence electrons. The number of amides is 1. The number of carboxylic acid groups (broad SMARTS) is 1. The molecule has 2 unspecified atom stereocenters. The average Bonchev–Trinajstić information content (AvgIpc) is 3.71. The Labute approximate surface area is 326 Å². The number of aromatic carboxylic acids is 1. The van der Waals surface area contributed by atoms with Crippen LogP contribution in [-0.2, 0) is 24.2 Å². The molecule has 2 aromatic carbocycles. The van der Waals surface area contributed by atoms with E-state index >= 15 is 0 Å². The minimum atomic E-state index is -1.08. The Kier molecular flexibility index (Phi) is 8.69. The molecule has 4 saturated carbocycles. The van der Waals surface area contributed by atoms with Crippen LogP contribution >= 0.6 is 11.3 Å². The van der Waals surface area contributed by atoms with Crippen LogP contribution in [0.5, 0.6) is 0 Å². The van der Waals surface area contributed by atoms with Gasteiger partial charge in [-0.1, -0.05) is 62.8 Å². The number of carboxylic acids is 1. The molecule has 4 bridgehead atoms. The highest BCUT2D eigenvalue weighted by molar-refractivity contribution is 7.22. The van der Waals surface area contributed by atoms with Crippen molar-refractivity contribution in [3.8, 4) is 11.1 Å². The van der Waals surface area contributed by atoms with Crippen molar-refractivity contribution < 1.29 is 19.4 Å². The first-order valence-corrected chi connectivity index (χ1v) is 20.6. The second kappa shape index (κ2) is 13.3. The summed E-state index contributed by atoms with van der Waals surface area (Å²) in [5.74, 6) is -0.720. The molecule has 4 heterocycles. The van der Waals surface area contributed by atoms with Crippen molar-refractivity contribution in [1.29, 1.82) is 0 Å². The van der Waals surface area contributed by atoms with E-state index in [1.165, 1.54) is 30.6 Å². The summed E-state index contributed by atoms with van der Waals surface area (Å²) in [6, 6.07) is 17.4. The maximum Gasteiger partial charge on any atom is 0.355 e. The summed E-state index contributed by atoms with van der Waals surface area (Å²) < 4.78 is 9.96. The highest BCUT2D eigenvalue weighted by Crippen LogP contribution is 2.72. The van der Waals surface area contributed by atoms with Crippen LogP contribution < -0.4 is 10.2 Å². The van der Waals surface area contributed by atoms with Crippen LogP contribution in [0, 0.1) is 23.2 Å². The molecule has 1 aliphatic heterocycles. The lowest BCUT2D eigenvalue weighted by Gasteiger charge is -2.69. The van der Waals surface area contributed by atoms with Crippen molar-refractivity contribution >= 4 is 44.4 Å². The largest absolute Gasteiger partial charge is 0.476 e. The number of nitrogens with zero attached hydrogens (tertiary/aromatic N) is 5. The molecule has 10 nitrogen and oxygen atoms in total. The van der Waals surface area contributed by atoms with E-state index in [0.29, 0.717) is 41.6 Å². The zero-order chi connectivity index (χ0) is 38.2. The molecule has 10 rings (SSSR count). The lowest BCUT2D eigenvalue weighted by atomic mass is 9.39. The predicted octanol–water partition coefficient (Wildman–Crippen LogP) is 9.31. The topological polar surface area (TPSA) is 122 Å². The third-order valence-corrected chi connectivity index (χ3v) is 13.8. The van der Waals surface area contributed by atoms with Crippen molar-refractivity contribution in [2.24, 2.45) is 16.2 Å². The van der Waals surface area contributed by atoms with E-state index in [1.54, 1.807) is 0 Å². The van der Waals surface area contributed by atoms with E-state index in [-0.39, 0.29) is 33.4 Å². The smallest absolute Gasteiger partial charge is 0.355 e. The highest BCUT2D eigenvalue weighted by Gasteiger charge is 2.66. The fourth-order valence-electron chi connectivity index (χ4n) is 11.9. The molecule has 55 heavy (non-hydrogen) atoms. The number of ether oxygens (including phenoxy) is 1. The van der Waals surface area contributed by atoms with E-state index in [9.17, 15) is 14.7 Å². The summed E-state index contributed by atoms with van der Waals surface area (Å²) in [5, 5.41) is 19.0. The lowest BCUT2D eigenvalue weighted by Crippen LogP contribution is -2.64. The van der Waals surface area contributed by atoms with Gasteiger partial charge in [0.25, 0.3) is 5.91 Å². The molecule has 0 spiro atoms. The zero-order valence-corrected chi connectivity index (χ0v) is 33.1. The number of fused-ring (bicyclic) bond motifs is 2. The van der Waals surface area contributed by atoms with Crippen molar-refractivity contribution in [2.45, 2.75) is 104 Å². The Hall–Kier alpha value is -4.61. The van der Waals surface area contributed by atoms with E-state index < -0.39 is 5.97 Å². The van der Waals surface area contributed by atoms with Gasteiger partial charge in [0.05, 0.1) is 22.0 Å². The standard InChI is InChI=1S/C44H50N6O4S/c1-5-6-18-54-44-24-41(3)21-42(4,25-44)23-43(22-41,26-44)27-50-28(2)32(19-45-50)30-14-15-36(47-37(30)39(52)53)49-17-16-29-10-9-11-31(33(29)20-49)38(51)48-40-46-34-12-7-8-13-35(34)55-40/h7-15,19H,5-6,16-18,20-27H2,1-4H3,(H,52,53)(H,46,48,51). The van der Waals surface area contributed by atoms with Crippen LogP contribution in [0.25, 0.3) is 21.3 Å². The van der Waals surface area contributed by atoms with Gasteiger partial charge in [0.2, 0.25) is 0 Å². The van der Waals surface area contributed by atoms with Gasteiger partial charge >= 0.3 is 5.97 Å². The first kappa shape index (κ1) is 36.1. The average molecular weight is 759 g/mol. The van der Waals surface area contributed by atoms with Crippen molar-refractivity contribution in [2.75, 3.05) is 23.4 Å². The van der Waals surface area contributed by atoms with Gasteiger partial charge in [-0.15, -0.1) is 0 Å². The number of para-hydroxylation sites is 1. The number of carbonyl (C=O) groups is 2. The number of rotatable bonds is 11. The number of nitrogens with one attached hydrogen (secondary N) is 1. The number of hydrogen-bond donors (Lipinski definition) is 2. The number of hydrogen-bond acceptors (Lipinski definition) is 8. The molecule has 3 aromatic heterocycles. The van der Waals surface area contributed by atoms with Crippen LogP contribution in [0.4, 0.5) is 10.9 Å². The van der Waals surface area contributed by atoms with Gasteiger partial charge in [-0.3, -0.25) is 14.8 Å². The van der Waals surface area contributed by atoms with Gasteiger partial charge in [-0.05, 0) is 116 Å². The summed E-state index contributed by atoms with van der Waals surface area (Å²) in [4.78, 5) is 37.9. The van der Waals surface area contributed by atoms with Crippen LogP contribution in [0.2, 0.25) is 0 Å². The predicted molar refractivity (Wildman–Crippen MR) is 216 cm³/mol. The number of thiazole rings is 1. The van der Waals surface area contributed by atoms with Crippen LogP contribution in [0.3, 0.4) is 0 Å². The summed E-state index contributed by atoms with van der Waals surface area (Å²) in [6.45, 7) is 12.0. The van der Waals surface area contributed by atoms with E-state index in [2.05, 4.69) is 53.6 Å². The maximum absolute atomic E-state index is 13.6. The van der Waals surface area contributed by atoms with Gasteiger partial charge in [0.1, 0.15) is 5.82 Å². The molecular formula is C44H50N6O4S. The second-order valence-corrected chi connectivity index (χ2v) is 18.8. The molecule has 2 N–H and O–H groups in total. The molecule has 0 radical (unpaired) electrons. The molecule has 2 atom stereocenters. The first-order chi connectivity index (χ1) is 26.4. The van der Waals surface area contributed by atoms with Crippen LogP contribution in [-0.4, -0.2) is 55.5 Å².